The Morgan fingerprint density at radius 3 is 2.48 bits per heavy atom. The molecule has 0 saturated carbocycles. The van der Waals surface area contributed by atoms with Crippen molar-refractivity contribution in [3.8, 4) is 5.75 Å². The van der Waals surface area contributed by atoms with Crippen molar-refractivity contribution in [2.45, 2.75) is 29.9 Å². The van der Waals surface area contributed by atoms with Crippen molar-refractivity contribution in [3.05, 3.63) is 58.1 Å². The maximum Gasteiger partial charge on any atom is 0.243 e. The quantitative estimate of drug-likeness (QED) is 0.587. The van der Waals surface area contributed by atoms with Gasteiger partial charge < -0.3 is 14.7 Å². The van der Waals surface area contributed by atoms with Crippen LogP contribution in [0.5, 0.6) is 5.75 Å². The summed E-state index contributed by atoms with van der Waals surface area (Å²) in [4.78, 5) is 1.33. The first-order valence-electron chi connectivity index (χ1n) is 9.61. The van der Waals surface area contributed by atoms with Crippen LogP contribution < -0.4 is 9.46 Å². The van der Waals surface area contributed by atoms with Crippen molar-refractivity contribution in [3.63, 3.8) is 0 Å². The van der Waals surface area contributed by atoms with Crippen LogP contribution in [0.2, 0.25) is 10.0 Å². The van der Waals surface area contributed by atoms with Crippen molar-refractivity contribution in [1.29, 1.82) is 0 Å². The summed E-state index contributed by atoms with van der Waals surface area (Å²) in [7, 11) is -4.20. The molecule has 0 spiro atoms. The van der Waals surface area contributed by atoms with Gasteiger partial charge in [-0.2, -0.15) is 0 Å². The van der Waals surface area contributed by atoms with Gasteiger partial charge in [0.1, 0.15) is 28.4 Å². The number of nitrogens with zero attached hydrogens (tertiary/aromatic N) is 1. The third-order valence-electron chi connectivity index (χ3n) is 4.89. The topological polar surface area (TPSA) is 78.9 Å². The van der Waals surface area contributed by atoms with Gasteiger partial charge in [-0.3, -0.25) is 0 Å². The molecule has 0 amide bonds. The molecule has 2 N–H and O–H groups in total. The molecule has 0 bridgehead atoms. The highest BCUT2D eigenvalue weighted by atomic mass is 35.5. The molecule has 1 fully saturated rings. The number of ether oxygens (including phenoxy) is 1. The summed E-state index contributed by atoms with van der Waals surface area (Å²) in [6, 6.07) is 7.28. The van der Waals surface area contributed by atoms with E-state index >= 15 is 0 Å². The third kappa shape index (κ3) is 6.74. The summed E-state index contributed by atoms with van der Waals surface area (Å²) in [5.74, 6) is -1.43. The maximum absolute atomic E-state index is 13.7. The maximum atomic E-state index is 13.7. The Bertz CT molecular complexity index is 1020. The zero-order valence-electron chi connectivity index (χ0n) is 16.4. The second-order valence-electron chi connectivity index (χ2n) is 7.27. The number of halogens is 4. The zero-order chi connectivity index (χ0) is 22.6. The smallest absolute Gasteiger partial charge is 0.243 e. The molecule has 11 heteroatoms. The zero-order valence-corrected chi connectivity index (χ0v) is 18.7. The Kier molecular flexibility index (Phi) is 8.12. The third-order valence-corrected chi connectivity index (χ3v) is 7.09. The number of piperidine rings is 1. The standard InChI is InChI=1S/C20H22Cl2F2N2O4S/c21-17-3-2-16(10-18(17)22)30-15-5-7-26(8-6-15)12-14(27)11-25-31(28,29)20-4-1-13(23)9-19(20)24/h1-4,9-10,14-15,25,27H,5-8,11-12H2. The van der Waals surface area contributed by atoms with Gasteiger partial charge in [0.2, 0.25) is 10.0 Å². The number of sulfonamides is 1. The van der Waals surface area contributed by atoms with Crippen molar-refractivity contribution >= 4 is 33.2 Å². The molecule has 1 atom stereocenters. The van der Waals surface area contributed by atoms with Gasteiger partial charge >= 0.3 is 0 Å². The van der Waals surface area contributed by atoms with E-state index in [4.69, 9.17) is 27.9 Å². The van der Waals surface area contributed by atoms with Crippen LogP contribution in [-0.2, 0) is 10.0 Å². The number of nitrogens with one attached hydrogen (secondary N) is 1. The van der Waals surface area contributed by atoms with Crippen LogP contribution in [0.3, 0.4) is 0 Å². The molecule has 1 unspecified atom stereocenters. The van der Waals surface area contributed by atoms with Crippen LogP contribution in [0.15, 0.2) is 41.3 Å². The van der Waals surface area contributed by atoms with Gasteiger partial charge in [-0.1, -0.05) is 23.2 Å². The lowest BCUT2D eigenvalue weighted by Crippen LogP contribution is -2.45. The second-order valence-corrected chi connectivity index (χ2v) is 9.82. The summed E-state index contributed by atoms with van der Waals surface area (Å²) in [6.07, 6.45) is 0.440. The molecule has 1 saturated heterocycles. The van der Waals surface area contributed by atoms with E-state index in [2.05, 4.69) is 4.72 Å². The van der Waals surface area contributed by atoms with Gasteiger partial charge in [0.05, 0.1) is 16.1 Å². The first-order chi connectivity index (χ1) is 14.6. The molecule has 31 heavy (non-hydrogen) atoms. The molecule has 0 radical (unpaired) electrons. The van der Waals surface area contributed by atoms with Gasteiger partial charge in [-0.15, -0.1) is 0 Å². The van der Waals surface area contributed by atoms with Crippen LogP contribution in [0.25, 0.3) is 0 Å². The Hall–Kier alpha value is -1.49. The van der Waals surface area contributed by atoms with Crippen LogP contribution >= 0.6 is 23.2 Å². The minimum Gasteiger partial charge on any atom is -0.490 e. The predicted molar refractivity (Wildman–Crippen MR) is 114 cm³/mol. The van der Waals surface area contributed by atoms with Gasteiger partial charge in [0.25, 0.3) is 0 Å². The fraction of sp³-hybridized carbons (Fsp3) is 0.400. The highest BCUT2D eigenvalue weighted by molar-refractivity contribution is 7.89. The van der Waals surface area contributed by atoms with Crippen LogP contribution in [0.1, 0.15) is 12.8 Å². The molecular formula is C20H22Cl2F2N2O4S. The molecule has 3 rings (SSSR count). The molecule has 170 valence electrons. The molecule has 6 nitrogen and oxygen atoms in total. The van der Waals surface area contributed by atoms with Crippen molar-refractivity contribution < 1.29 is 27.0 Å². The number of hydrogen-bond acceptors (Lipinski definition) is 5. The number of aliphatic hydroxyl groups excluding tert-OH is 1. The molecule has 2 aromatic carbocycles. The minimum absolute atomic E-state index is 0.00871. The van der Waals surface area contributed by atoms with Crippen LogP contribution in [-0.4, -0.2) is 56.8 Å². The molecular weight excluding hydrogens is 473 g/mol. The highest BCUT2D eigenvalue weighted by Gasteiger charge is 2.24. The van der Waals surface area contributed by atoms with E-state index in [1.165, 1.54) is 0 Å². The Morgan fingerprint density at radius 2 is 1.84 bits per heavy atom. The fourth-order valence-electron chi connectivity index (χ4n) is 3.29. The lowest BCUT2D eigenvalue weighted by atomic mass is 10.1. The summed E-state index contributed by atoms with van der Waals surface area (Å²) in [5, 5.41) is 11.1. The lowest BCUT2D eigenvalue weighted by Gasteiger charge is -2.33. The lowest BCUT2D eigenvalue weighted by molar-refractivity contribution is 0.0630. The summed E-state index contributed by atoms with van der Waals surface area (Å²) in [5.41, 5.74) is 0. The number of benzene rings is 2. The number of aliphatic hydroxyl groups is 1. The van der Waals surface area contributed by atoms with E-state index in [9.17, 15) is 22.3 Å². The molecule has 0 aromatic heterocycles. The molecule has 1 aliphatic rings. The van der Waals surface area contributed by atoms with Gasteiger partial charge in [-0.05, 0) is 37.1 Å². The Balaban J connectivity index is 1.44. The molecule has 1 heterocycles. The van der Waals surface area contributed by atoms with E-state index in [0.29, 0.717) is 35.0 Å². The van der Waals surface area contributed by atoms with E-state index in [1.807, 2.05) is 4.90 Å². The molecule has 0 aliphatic carbocycles. The second kappa shape index (κ2) is 10.4. The normalized spacial score (nSPS) is 16.9. The SMILES string of the molecule is O=S(=O)(NCC(O)CN1CCC(Oc2ccc(Cl)c(Cl)c2)CC1)c1ccc(F)cc1F. The highest BCUT2D eigenvalue weighted by Crippen LogP contribution is 2.28. The van der Waals surface area contributed by atoms with E-state index in [0.717, 1.165) is 25.0 Å². The van der Waals surface area contributed by atoms with Crippen LogP contribution in [0.4, 0.5) is 8.78 Å². The number of β-amino-alcohol motifs (C(OH)–C–C–N with tert-alkyl or cyclic N) is 1. The fourth-order valence-corrected chi connectivity index (χ4v) is 4.71. The first-order valence-corrected chi connectivity index (χ1v) is 11.8. The van der Waals surface area contributed by atoms with Gasteiger partial charge in [0, 0.05) is 38.3 Å². The van der Waals surface area contributed by atoms with E-state index < -0.39 is 32.7 Å². The average molecular weight is 495 g/mol. The van der Waals surface area contributed by atoms with Gasteiger partial charge in [0.15, 0.2) is 0 Å². The number of hydrogen-bond donors (Lipinski definition) is 2. The summed E-state index contributed by atoms with van der Waals surface area (Å²) < 4.78 is 59.2. The molecule has 1 aliphatic heterocycles. The summed E-state index contributed by atoms with van der Waals surface area (Å²) >= 11 is 11.9. The van der Waals surface area contributed by atoms with Crippen molar-refractivity contribution in [1.82, 2.24) is 9.62 Å². The Morgan fingerprint density at radius 1 is 1.13 bits per heavy atom. The predicted octanol–water partition coefficient (Wildman–Crippen LogP) is 3.45. The minimum atomic E-state index is -4.20. The van der Waals surface area contributed by atoms with Crippen molar-refractivity contribution in [2.75, 3.05) is 26.2 Å². The summed E-state index contributed by atoms with van der Waals surface area (Å²) in [6.45, 7) is 1.26. The number of rotatable bonds is 8. The number of likely N-dealkylation sites (tertiary alicyclic amines) is 1. The van der Waals surface area contributed by atoms with E-state index in [-0.39, 0.29) is 19.2 Å². The van der Waals surface area contributed by atoms with Crippen molar-refractivity contribution in [2.24, 2.45) is 0 Å². The van der Waals surface area contributed by atoms with Gasteiger partial charge in [-0.25, -0.2) is 21.9 Å². The largest absolute Gasteiger partial charge is 0.490 e. The molecule has 2 aromatic rings. The first kappa shape index (κ1) is 24.2. The monoisotopic (exact) mass is 494 g/mol. The van der Waals surface area contributed by atoms with E-state index in [1.54, 1.807) is 18.2 Å². The average Bonchev–Trinajstić information content (AvgIpc) is 2.70. The van der Waals surface area contributed by atoms with Crippen LogP contribution in [0, 0.1) is 11.6 Å². The Labute approximate surface area is 189 Å².